The van der Waals surface area contributed by atoms with E-state index in [-0.39, 0.29) is 24.1 Å². The number of fused-ring (bicyclic) bond motifs is 1. The van der Waals surface area contributed by atoms with Crippen molar-refractivity contribution >= 4 is 34.7 Å². The van der Waals surface area contributed by atoms with Gasteiger partial charge in [-0.05, 0) is 47.4 Å². The molecule has 0 aromatic carbocycles. The molecule has 1 saturated heterocycles. The molecule has 1 fully saturated rings. The summed E-state index contributed by atoms with van der Waals surface area (Å²) < 4.78 is 45.1. The lowest BCUT2D eigenvalue weighted by Crippen LogP contribution is -2.38. The van der Waals surface area contributed by atoms with Crippen LogP contribution < -0.4 is 4.90 Å². The summed E-state index contributed by atoms with van der Waals surface area (Å²) in [7, 11) is 1.65. The number of piperidine rings is 1. The number of anilines is 1. The minimum absolute atomic E-state index is 0.00169. The standard InChI is InChI=1S/C20H21F3N6O3S/c1-27(10-13-6-9-33-12-13)17(30)11-32-18(31)14-4-7-28(8-5-14)16-3-2-15-24-25-19(20(21,22)23)29(15)26-16/h2-3,6,9,12,14H,4-5,7-8,10-11H2,1H3. The van der Waals surface area contributed by atoms with Gasteiger partial charge in [0.15, 0.2) is 12.3 Å². The molecule has 0 radical (unpaired) electrons. The predicted octanol–water partition coefficient (Wildman–Crippen LogP) is 2.62. The summed E-state index contributed by atoms with van der Waals surface area (Å²) in [5.41, 5.74) is 1.01. The number of hydrogen-bond acceptors (Lipinski definition) is 8. The maximum absolute atomic E-state index is 13.1. The third-order valence-corrected chi connectivity index (χ3v) is 6.15. The Morgan fingerprint density at radius 3 is 2.64 bits per heavy atom. The number of thiophene rings is 1. The highest BCUT2D eigenvalue weighted by molar-refractivity contribution is 7.07. The fourth-order valence-corrected chi connectivity index (χ4v) is 4.23. The molecule has 1 aliphatic rings. The van der Waals surface area contributed by atoms with Gasteiger partial charge in [-0.25, -0.2) is 0 Å². The first-order valence-corrected chi connectivity index (χ1v) is 11.1. The second-order valence-electron chi connectivity index (χ2n) is 7.73. The van der Waals surface area contributed by atoms with E-state index in [4.69, 9.17) is 4.74 Å². The Labute approximate surface area is 190 Å². The molecule has 176 valence electrons. The van der Waals surface area contributed by atoms with E-state index >= 15 is 0 Å². The first kappa shape index (κ1) is 23.0. The molecule has 13 heteroatoms. The average molecular weight is 482 g/mol. The van der Waals surface area contributed by atoms with Crippen LogP contribution in [-0.4, -0.2) is 63.3 Å². The van der Waals surface area contributed by atoms with Crippen LogP contribution in [0.1, 0.15) is 24.2 Å². The molecule has 33 heavy (non-hydrogen) atoms. The number of halogens is 3. The summed E-state index contributed by atoms with van der Waals surface area (Å²) >= 11 is 1.54. The molecule has 0 spiro atoms. The molecular formula is C20H21F3N6O3S. The van der Waals surface area contributed by atoms with Gasteiger partial charge in [-0.3, -0.25) is 9.59 Å². The Hall–Kier alpha value is -3.22. The van der Waals surface area contributed by atoms with Gasteiger partial charge in [-0.15, -0.1) is 15.3 Å². The highest BCUT2D eigenvalue weighted by Gasteiger charge is 2.38. The van der Waals surface area contributed by atoms with Crippen molar-refractivity contribution in [3.8, 4) is 0 Å². The third kappa shape index (κ3) is 5.24. The molecule has 1 aliphatic heterocycles. The zero-order valence-electron chi connectivity index (χ0n) is 17.7. The highest BCUT2D eigenvalue weighted by Crippen LogP contribution is 2.29. The predicted molar refractivity (Wildman–Crippen MR) is 112 cm³/mol. The first-order valence-electron chi connectivity index (χ1n) is 10.2. The van der Waals surface area contributed by atoms with Gasteiger partial charge in [0.1, 0.15) is 5.82 Å². The number of esters is 1. The number of aromatic nitrogens is 4. The van der Waals surface area contributed by atoms with E-state index < -0.39 is 18.0 Å². The second kappa shape index (κ2) is 9.33. The van der Waals surface area contributed by atoms with Crippen LogP contribution in [0.15, 0.2) is 29.0 Å². The van der Waals surface area contributed by atoms with Gasteiger partial charge in [0, 0.05) is 26.7 Å². The van der Waals surface area contributed by atoms with E-state index in [1.807, 2.05) is 16.8 Å². The van der Waals surface area contributed by atoms with E-state index in [0.717, 1.165) is 5.56 Å². The molecule has 1 amide bonds. The molecule has 0 atom stereocenters. The number of hydrogen-bond donors (Lipinski definition) is 0. The number of nitrogens with zero attached hydrogens (tertiary/aromatic N) is 6. The van der Waals surface area contributed by atoms with Crippen LogP contribution in [0, 0.1) is 5.92 Å². The summed E-state index contributed by atoms with van der Waals surface area (Å²) in [5, 5.41) is 14.6. The average Bonchev–Trinajstić information content (AvgIpc) is 3.46. The SMILES string of the molecule is CN(Cc1ccsc1)C(=O)COC(=O)C1CCN(c2ccc3nnc(C(F)(F)F)n3n2)CC1. The Bertz CT molecular complexity index is 1130. The van der Waals surface area contributed by atoms with Crippen LogP contribution in [0.25, 0.3) is 5.65 Å². The van der Waals surface area contributed by atoms with Crippen LogP contribution in [0.3, 0.4) is 0 Å². The lowest BCUT2D eigenvalue weighted by Gasteiger charge is -2.31. The number of carbonyl (C=O) groups is 2. The highest BCUT2D eigenvalue weighted by atomic mass is 32.1. The van der Waals surface area contributed by atoms with E-state index in [1.165, 1.54) is 11.0 Å². The molecule has 0 N–H and O–H groups in total. The summed E-state index contributed by atoms with van der Waals surface area (Å²) in [4.78, 5) is 27.9. The van der Waals surface area contributed by atoms with Crippen LogP contribution in [0.2, 0.25) is 0 Å². The van der Waals surface area contributed by atoms with Crippen LogP contribution in [-0.2, 0) is 27.0 Å². The van der Waals surface area contributed by atoms with Gasteiger partial charge in [-0.2, -0.15) is 29.0 Å². The van der Waals surface area contributed by atoms with Crippen molar-refractivity contribution in [3.63, 3.8) is 0 Å². The summed E-state index contributed by atoms with van der Waals surface area (Å²) in [6.07, 6.45) is -3.80. The fraction of sp³-hybridized carbons (Fsp3) is 0.450. The van der Waals surface area contributed by atoms with Crippen LogP contribution in [0.5, 0.6) is 0 Å². The number of ether oxygens (including phenoxy) is 1. The minimum Gasteiger partial charge on any atom is -0.455 e. The van der Waals surface area contributed by atoms with Gasteiger partial charge in [0.25, 0.3) is 11.7 Å². The Kier molecular flexibility index (Phi) is 6.49. The monoisotopic (exact) mass is 482 g/mol. The number of likely N-dealkylation sites (N-methyl/N-ethyl adjacent to an activating group) is 1. The smallest absolute Gasteiger partial charge is 0.453 e. The van der Waals surface area contributed by atoms with Gasteiger partial charge in [0.05, 0.1) is 5.92 Å². The van der Waals surface area contributed by atoms with Gasteiger partial charge in [-0.1, -0.05) is 0 Å². The van der Waals surface area contributed by atoms with Crippen molar-refractivity contribution in [2.24, 2.45) is 5.92 Å². The van der Waals surface area contributed by atoms with E-state index in [9.17, 15) is 22.8 Å². The molecule has 4 heterocycles. The molecule has 3 aromatic heterocycles. The normalized spacial score (nSPS) is 15.1. The Morgan fingerprint density at radius 2 is 1.97 bits per heavy atom. The summed E-state index contributed by atoms with van der Waals surface area (Å²) in [6.45, 7) is 0.936. The Morgan fingerprint density at radius 1 is 1.21 bits per heavy atom. The van der Waals surface area contributed by atoms with Crippen molar-refractivity contribution in [2.75, 3.05) is 31.6 Å². The number of amides is 1. The maximum atomic E-state index is 13.1. The molecule has 0 bridgehead atoms. The third-order valence-electron chi connectivity index (χ3n) is 5.42. The topological polar surface area (TPSA) is 92.9 Å². The maximum Gasteiger partial charge on any atom is 0.453 e. The number of rotatable bonds is 6. The largest absolute Gasteiger partial charge is 0.455 e. The molecule has 9 nitrogen and oxygen atoms in total. The first-order chi connectivity index (χ1) is 15.7. The Balaban J connectivity index is 1.29. The quantitative estimate of drug-likeness (QED) is 0.499. The lowest BCUT2D eigenvalue weighted by molar-refractivity contribution is -0.155. The van der Waals surface area contributed by atoms with Crippen molar-refractivity contribution in [1.82, 2.24) is 24.7 Å². The molecule has 3 aromatic rings. The van der Waals surface area contributed by atoms with Gasteiger partial charge >= 0.3 is 12.1 Å². The number of alkyl halides is 3. The molecule has 0 aliphatic carbocycles. The zero-order valence-corrected chi connectivity index (χ0v) is 18.5. The van der Waals surface area contributed by atoms with Gasteiger partial charge < -0.3 is 14.5 Å². The molecule has 0 saturated carbocycles. The van der Waals surface area contributed by atoms with E-state index in [0.29, 0.717) is 42.8 Å². The minimum atomic E-state index is -4.67. The van der Waals surface area contributed by atoms with Crippen LogP contribution in [0.4, 0.5) is 19.0 Å². The summed E-state index contributed by atoms with van der Waals surface area (Å²) in [6, 6.07) is 4.92. The van der Waals surface area contributed by atoms with Gasteiger partial charge in [0.2, 0.25) is 0 Å². The lowest BCUT2D eigenvalue weighted by atomic mass is 9.97. The second-order valence-corrected chi connectivity index (χ2v) is 8.51. The van der Waals surface area contributed by atoms with Crippen molar-refractivity contribution in [2.45, 2.75) is 25.6 Å². The number of carbonyl (C=O) groups excluding carboxylic acids is 2. The van der Waals surface area contributed by atoms with Crippen LogP contribution >= 0.6 is 11.3 Å². The van der Waals surface area contributed by atoms with E-state index in [2.05, 4.69) is 15.3 Å². The van der Waals surface area contributed by atoms with E-state index in [1.54, 1.807) is 29.4 Å². The molecular weight excluding hydrogens is 461 g/mol. The molecule has 0 unspecified atom stereocenters. The van der Waals surface area contributed by atoms with Crippen molar-refractivity contribution in [1.29, 1.82) is 0 Å². The molecule has 4 rings (SSSR count). The van der Waals surface area contributed by atoms with Crippen molar-refractivity contribution in [3.05, 3.63) is 40.3 Å². The van der Waals surface area contributed by atoms with Crippen molar-refractivity contribution < 1.29 is 27.5 Å². The summed E-state index contributed by atoms with van der Waals surface area (Å²) in [5.74, 6) is -1.98. The fourth-order valence-electron chi connectivity index (χ4n) is 3.57. The zero-order chi connectivity index (χ0) is 23.6.